The first kappa shape index (κ1) is 16.2. The van der Waals surface area contributed by atoms with Crippen molar-refractivity contribution in [1.29, 1.82) is 0 Å². The van der Waals surface area contributed by atoms with Crippen LogP contribution < -0.4 is 4.74 Å². The van der Waals surface area contributed by atoms with Crippen molar-refractivity contribution in [2.24, 2.45) is 0 Å². The Morgan fingerprint density at radius 2 is 1.85 bits per heavy atom. The zero-order valence-corrected chi connectivity index (χ0v) is 12.2. The van der Waals surface area contributed by atoms with E-state index in [9.17, 15) is 9.59 Å². The molecule has 110 valence electrons. The maximum atomic E-state index is 11.6. The van der Waals surface area contributed by atoms with Gasteiger partial charge in [0, 0.05) is 12.8 Å². The van der Waals surface area contributed by atoms with E-state index in [0.29, 0.717) is 18.8 Å². The van der Waals surface area contributed by atoms with Gasteiger partial charge in [0.2, 0.25) is 0 Å². The summed E-state index contributed by atoms with van der Waals surface area (Å²) in [4.78, 5) is 22.9. The molecule has 1 aromatic carbocycles. The number of rotatable bonds is 8. The highest BCUT2D eigenvalue weighted by Crippen LogP contribution is 2.13. The van der Waals surface area contributed by atoms with E-state index in [1.807, 2.05) is 26.0 Å². The van der Waals surface area contributed by atoms with Gasteiger partial charge in [-0.25, -0.2) is 0 Å². The SMILES string of the molecule is CCCCOC(=O)CCCC(=O)Oc1cccc(C)c1. The van der Waals surface area contributed by atoms with E-state index < -0.39 is 0 Å². The fourth-order valence-electron chi connectivity index (χ4n) is 1.64. The van der Waals surface area contributed by atoms with Gasteiger partial charge >= 0.3 is 11.9 Å². The second kappa shape index (κ2) is 9.13. The summed E-state index contributed by atoms with van der Waals surface area (Å²) in [6.07, 6.45) is 2.80. The Kier molecular flexibility index (Phi) is 7.40. The van der Waals surface area contributed by atoms with E-state index in [0.717, 1.165) is 18.4 Å². The van der Waals surface area contributed by atoms with Crippen molar-refractivity contribution in [3.63, 3.8) is 0 Å². The van der Waals surface area contributed by atoms with Crippen LogP contribution >= 0.6 is 0 Å². The summed E-state index contributed by atoms with van der Waals surface area (Å²) in [6.45, 7) is 4.43. The molecule has 4 nitrogen and oxygen atoms in total. The molecule has 0 saturated heterocycles. The number of esters is 2. The van der Waals surface area contributed by atoms with E-state index in [4.69, 9.17) is 9.47 Å². The van der Waals surface area contributed by atoms with Crippen molar-refractivity contribution in [3.05, 3.63) is 29.8 Å². The van der Waals surface area contributed by atoms with Crippen molar-refractivity contribution in [1.82, 2.24) is 0 Å². The molecule has 0 fully saturated rings. The van der Waals surface area contributed by atoms with Crippen LogP contribution in [0.15, 0.2) is 24.3 Å². The number of ether oxygens (including phenoxy) is 2. The molecule has 0 aromatic heterocycles. The van der Waals surface area contributed by atoms with Gasteiger partial charge in [-0.05, 0) is 37.5 Å². The van der Waals surface area contributed by atoms with Crippen molar-refractivity contribution in [2.45, 2.75) is 46.0 Å². The predicted molar refractivity (Wildman–Crippen MR) is 76.5 cm³/mol. The van der Waals surface area contributed by atoms with Crippen molar-refractivity contribution in [3.8, 4) is 5.75 Å². The molecule has 0 unspecified atom stereocenters. The molecule has 0 aliphatic rings. The van der Waals surface area contributed by atoms with E-state index in [1.165, 1.54) is 0 Å². The molecule has 0 spiro atoms. The van der Waals surface area contributed by atoms with Crippen LogP contribution in [0.1, 0.15) is 44.6 Å². The van der Waals surface area contributed by atoms with Gasteiger partial charge in [0.05, 0.1) is 6.61 Å². The third-order valence-electron chi connectivity index (χ3n) is 2.74. The van der Waals surface area contributed by atoms with Crippen molar-refractivity contribution >= 4 is 11.9 Å². The summed E-state index contributed by atoms with van der Waals surface area (Å²) in [7, 11) is 0. The predicted octanol–water partition coefficient (Wildman–Crippen LogP) is 3.41. The van der Waals surface area contributed by atoms with Crippen LogP contribution in [0.5, 0.6) is 5.75 Å². The minimum atomic E-state index is -0.322. The highest BCUT2D eigenvalue weighted by molar-refractivity contribution is 5.74. The topological polar surface area (TPSA) is 52.6 Å². The van der Waals surface area contributed by atoms with Crippen LogP contribution in [0.25, 0.3) is 0 Å². The summed E-state index contributed by atoms with van der Waals surface area (Å²) in [6, 6.07) is 7.31. The molecule has 0 amide bonds. The Morgan fingerprint density at radius 3 is 2.55 bits per heavy atom. The maximum absolute atomic E-state index is 11.6. The monoisotopic (exact) mass is 278 g/mol. The smallest absolute Gasteiger partial charge is 0.311 e. The van der Waals surface area contributed by atoms with Crippen LogP contribution in [-0.2, 0) is 14.3 Å². The van der Waals surface area contributed by atoms with Crippen LogP contribution in [-0.4, -0.2) is 18.5 Å². The number of hydrogen-bond acceptors (Lipinski definition) is 4. The van der Waals surface area contributed by atoms with E-state index in [-0.39, 0.29) is 24.8 Å². The molecule has 4 heteroatoms. The van der Waals surface area contributed by atoms with Gasteiger partial charge in [-0.2, -0.15) is 0 Å². The first-order valence-corrected chi connectivity index (χ1v) is 7.04. The van der Waals surface area contributed by atoms with E-state index in [2.05, 4.69) is 0 Å². The molecule has 0 radical (unpaired) electrons. The third kappa shape index (κ3) is 6.92. The highest BCUT2D eigenvalue weighted by atomic mass is 16.5. The second-order valence-electron chi connectivity index (χ2n) is 4.72. The molecule has 0 saturated carbocycles. The van der Waals surface area contributed by atoms with Gasteiger partial charge < -0.3 is 9.47 Å². The van der Waals surface area contributed by atoms with Crippen LogP contribution in [0, 0.1) is 6.92 Å². The lowest BCUT2D eigenvalue weighted by Crippen LogP contribution is -2.10. The highest BCUT2D eigenvalue weighted by Gasteiger charge is 2.08. The summed E-state index contributed by atoms with van der Waals surface area (Å²) in [5.74, 6) is -0.0284. The minimum absolute atomic E-state index is 0.219. The largest absolute Gasteiger partial charge is 0.466 e. The number of benzene rings is 1. The molecule has 0 N–H and O–H groups in total. The lowest BCUT2D eigenvalue weighted by atomic mass is 10.2. The summed E-state index contributed by atoms with van der Waals surface area (Å²) < 4.78 is 10.2. The van der Waals surface area contributed by atoms with Crippen molar-refractivity contribution in [2.75, 3.05) is 6.61 Å². The van der Waals surface area contributed by atoms with Gasteiger partial charge in [-0.15, -0.1) is 0 Å². The Bertz CT molecular complexity index is 440. The average Bonchev–Trinajstić information content (AvgIpc) is 2.39. The fourth-order valence-corrected chi connectivity index (χ4v) is 1.64. The van der Waals surface area contributed by atoms with Crippen LogP contribution in [0.3, 0.4) is 0 Å². The van der Waals surface area contributed by atoms with Crippen LogP contribution in [0.4, 0.5) is 0 Å². The fraction of sp³-hybridized carbons (Fsp3) is 0.500. The molecular formula is C16H22O4. The lowest BCUT2D eigenvalue weighted by Gasteiger charge is -2.05. The molecule has 20 heavy (non-hydrogen) atoms. The number of hydrogen-bond donors (Lipinski definition) is 0. The van der Waals surface area contributed by atoms with Gasteiger partial charge in [0.25, 0.3) is 0 Å². The quantitative estimate of drug-likeness (QED) is 0.415. The summed E-state index contributed by atoms with van der Waals surface area (Å²) in [5.41, 5.74) is 1.04. The maximum Gasteiger partial charge on any atom is 0.311 e. The standard InChI is InChI=1S/C16H22O4/c1-3-4-11-19-15(17)9-6-10-16(18)20-14-8-5-7-13(2)12-14/h5,7-8,12H,3-4,6,9-11H2,1-2H3. The number of aryl methyl sites for hydroxylation is 1. The molecule has 1 aromatic rings. The van der Waals surface area contributed by atoms with Crippen molar-refractivity contribution < 1.29 is 19.1 Å². The number of carbonyl (C=O) groups excluding carboxylic acids is 2. The van der Waals surface area contributed by atoms with E-state index >= 15 is 0 Å². The molecule has 0 bridgehead atoms. The van der Waals surface area contributed by atoms with Gasteiger partial charge in [0.1, 0.15) is 5.75 Å². The Labute approximate surface area is 120 Å². The van der Waals surface area contributed by atoms with E-state index in [1.54, 1.807) is 12.1 Å². The molecule has 0 aliphatic heterocycles. The van der Waals surface area contributed by atoms with Crippen LogP contribution in [0.2, 0.25) is 0 Å². The molecular weight excluding hydrogens is 256 g/mol. The van der Waals surface area contributed by atoms with Gasteiger partial charge in [0.15, 0.2) is 0 Å². The Hall–Kier alpha value is -1.84. The molecule has 0 aliphatic carbocycles. The molecule has 1 rings (SSSR count). The summed E-state index contributed by atoms with van der Waals surface area (Å²) >= 11 is 0. The molecule has 0 atom stereocenters. The Balaban J connectivity index is 2.18. The first-order valence-electron chi connectivity index (χ1n) is 7.04. The number of unbranched alkanes of at least 4 members (excludes halogenated alkanes) is 1. The third-order valence-corrected chi connectivity index (χ3v) is 2.74. The van der Waals surface area contributed by atoms with Gasteiger partial charge in [-0.1, -0.05) is 25.5 Å². The Morgan fingerprint density at radius 1 is 1.10 bits per heavy atom. The normalized spacial score (nSPS) is 10.1. The second-order valence-corrected chi connectivity index (χ2v) is 4.72. The summed E-state index contributed by atoms with van der Waals surface area (Å²) in [5, 5.41) is 0. The zero-order chi connectivity index (χ0) is 14.8. The lowest BCUT2D eigenvalue weighted by molar-refractivity contribution is -0.144. The van der Waals surface area contributed by atoms with Gasteiger partial charge in [-0.3, -0.25) is 9.59 Å². The first-order chi connectivity index (χ1) is 9.61. The molecule has 0 heterocycles. The zero-order valence-electron chi connectivity index (χ0n) is 12.2. The minimum Gasteiger partial charge on any atom is -0.466 e. The average molecular weight is 278 g/mol. The number of carbonyl (C=O) groups is 2.